The average Bonchev–Trinajstić information content (AvgIpc) is 2.37. The first-order chi connectivity index (χ1) is 8.48. The molecule has 1 aromatic carbocycles. The van der Waals surface area contributed by atoms with Gasteiger partial charge in [0.25, 0.3) is 5.92 Å². The molecule has 0 unspecified atom stereocenters. The molecule has 0 fully saturated rings. The maximum Gasteiger partial charge on any atom is 0.319 e. The highest BCUT2D eigenvalue weighted by Crippen LogP contribution is 2.22. The predicted octanol–water partition coefficient (Wildman–Crippen LogP) is 1.44. The van der Waals surface area contributed by atoms with E-state index in [2.05, 4.69) is 5.32 Å². The summed E-state index contributed by atoms with van der Waals surface area (Å²) in [5, 5.41) is 12.7. The quantitative estimate of drug-likeness (QED) is 0.750. The van der Waals surface area contributed by atoms with E-state index in [1.165, 1.54) is 7.11 Å². The van der Waals surface area contributed by atoms with Gasteiger partial charge in [0.15, 0.2) is 0 Å². The molecule has 0 aliphatic heterocycles. The number of anilines is 1. The number of benzene rings is 1. The lowest BCUT2D eigenvalue weighted by Crippen LogP contribution is -2.40. The zero-order chi connectivity index (χ0) is 13.6. The molecule has 0 heterocycles. The zero-order valence-corrected chi connectivity index (χ0v) is 9.74. The van der Waals surface area contributed by atoms with Crippen molar-refractivity contribution in [3.63, 3.8) is 0 Å². The SMILES string of the molecule is COc1ccccc1NC(=O)NCC(F)(F)CO. The van der Waals surface area contributed by atoms with Crippen LogP contribution in [0.2, 0.25) is 0 Å². The Kier molecular flexibility index (Phi) is 4.85. The Bertz CT molecular complexity index is 413. The van der Waals surface area contributed by atoms with Crippen LogP contribution in [0.4, 0.5) is 19.3 Å². The molecule has 18 heavy (non-hydrogen) atoms. The number of para-hydroxylation sites is 2. The summed E-state index contributed by atoms with van der Waals surface area (Å²) in [4.78, 5) is 11.4. The van der Waals surface area contributed by atoms with Crippen LogP contribution < -0.4 is 15.4 Å². The molecule has 0 aliphatic carbocycles. The standard InChI is InChI=1S/C11H14F2N2O3/c1-18-9-5-3-2-4-8(9)15-10(17)14-6-11(12,13)7-16/h2-5,16H,6-7H2,1H3,(H2,14,15,17). The first kappa shape index (κ1) is 14.2. The maximum absolute atomic E-state index is 12.7. The maximum atomic E-state index is 12.7. The third-order valence-corrected chi connectivity index (χ3v) is 2.09. The van der Waals surface area contributed by atoms with Crippen molar-refractivity contribution in [1.82, 2.24) is 5.32 Å². The first-order valence-electron chi connectivity index (χ1n) is 5.15. The van der Waals surface area contributed by atoms with Gasteiger partial charge in [0, 0.05) is 0 Å². The molecule has 0 atom stereocenters. The lowest BCUT2D eigenvalue weighted by atomic mass is 10.3. The van der Waals surface area contributed by atoms with Crippen LogP contribution in [0, 0.1) is 0 Å². The number of hydrogen-bond donors (Lipinski definition) is 3. The Balaban J connectivity index is 2.55. The molecule has 0 saturated heterocycles. The minimum atomic E-state index is -3.34. The molecule has 0 spiro atoms. The monoisotopic (exact) mass is 260 g/mol. The summed E-state index contributed by atoms with van der Waals surface area (Å²) in [5.41, 5.74) is 0.366. The van der Waals surface area contributed by atoms with Crippen molar-refractivity contribution >= 4 is 11.7 Å². The molecule has 100 valence electrons. The van der Waals surface area contributed by atoms with Gasteiger partial charge in [0.1, 0.15) is 12.4 Å². The van der Waals surface area contributed by atoms with Crippen LogP contribution in [0.5, 0.6) is 5.75 Å². The number of urea groups is 1. The second-order valence-electron chi connectivity index (χ2n) is 3.52. The summed E-state index contributed by atoms with van der Waals surface area (Å²) >= 11 is 0. The van der Waals surface area contributed by atoms with E-state index in [4.69, 9.17) is 9.84 Å². The van der Waals surface area contributed by atoms with Gasteiger partial charge in [-0.1, -0.05) is 12.1 Å². The number of aliphatic hydroxyl groups is 1. The van der Waals surface area contributed by atoms with E-state index in [9.17, 15) is 13.6 Å². The first-order valence-corrected chi connectivity index (χ1v) is 5.15. The molecule has 0 saturated carbocycles. The molecule has 1 rings (SSSR count). The Morgan fingerprint density at radius 3 is 2.72 bits per heavy atom. The van der Waals surface area contributed by atoms with Gasteiger partial charge in [-0.25, -0.2) is 13.6 Å². The number of carbonyl (C=O) groups excluding carboxylic acids is 1. The molecule has 0 aliphatic rings. The smallest absolute Gasteiger partial charge is 0.319 e. The second kappa shape index (κ2) is 6.15. The highest BCUT2D eigenvalue weighted by atomic mass is 19.3. The molecule has 0 bridgehead atoms. The second-order valence-corrected chi connectivity index (χ2v) is 3.52. The number of amides is 2. The summed E-state index contributed by atoms with van der Waals surface area (Å²) in [6.45, 7) is -2.26. The highest BCUT2D eigenvalue weighted by molar-refractivity contribution is 5.90. The van der Waals surface area contributed by atoms with Crippen LogP contribution in [0.3, 0.4) is 0 Å². The third kappa shape index (κ3) is 4.17. The van der Waals surface area contributed by atoms with Gasteiger partial charge in [-0.05, 0) is 12.1 Å². The number of carbonyl (C=O) groups is 1. The third-order valence-electron chi connectivity index (χ3n) is 2.09. The molecular weight excluding hydrogens is 246 g/mol. The number of nitrogens with one attached hydrogen (secondary N) is 2. The van der Waals surface area contributed by atoms with Crippen LogP contribution >= 0.6 is 0 Å². The van der Waals surface area contributed by atoms with Gasteiger partial charge < -0.3 is 20.5 Å². The van der Waals surface area contributed by atoms with Crippen LogP contribution in [-0.4, -0.2) is 37.3 Å². The van der Waals surface area contributed by atoms with Crippen molar-refractivity contribution < 1.29 is 23.4 Å². The molecule has 1 aromatic rings. The highest BCUT2D eigenvalue weighted by Gasteiger charge is 2.28. The average molecular weight is 260 g/mol. The number of aliphatic hydroxyl groups excluding tert-OH is 1. The number of rotatable bonds is 5. The van der Waals surface area contributed by atoms with E-state index >= 15 is 0 Å². The van der Waals surface area contributed by atoms with Crippen LogP contribution in [0.1, 0.15) is 0 Å². The van der Waals surface area contributed by atoms with E-state index in [1.54, 1.807) is 24.3 Å². The van der Waals surface area contributed by atoms with Crippen molar-refractivity contribution in [2.45, 2.75) is 5.92 Å². The Morgan fingerprint density at radius 2 is 2.11 bits per heavy atom. The fraction of sp³-hybridized carbons (Fsp3) is 0.364. The van der Waals surface area contributed by atoms with Gasteiger partial charge in [-0.3, -0.25) is 0 Å². The zero-order valence-electron chi connectivity index (χ0n) is 9.74. The molecule has 5 nitrogen and oxygen atoms in total. The van der Waals surface area contributed by atoms with E-state index in [1.807, 2.05) is 5.32 Å². The minimum absolute atomic E-state index is 0.366. The lowest BCUT2D eigenvalue weighted by molar-refractivity contribution is -0.0451. The van der Waals surface area contributed by atoms with E-state index in [0.717, 1.165) is 0 Å². The summed E-state index contributed by atoms with van der Waals surface area (Å²) in [6, 6.07) is 5.77. The van der Waals surface area contributed by atoms with Crippen LogP contribution in [0.15, 0.2) is 24.3 Å². The van der Waals surface area contributed by atoms with Crippen molar-refractivity contribution in [3.05, 3.63) is 24.3 Å². The fourth-order valence-electron chi connectivity index (χ4n) is 1.18. The Labute approximate surface area is 103 Å². The fourth-order valence-corrected chi connectivity index (χ4v) is 1.18. The molecule has 0 aromatic heterocycles. The van der Waals surface area contributed by atoms with Gasteiger partial charge in [0.2, 0.25) is 0 Å². The molecular formula is C11H14F2N2O3. The normalized spacial score (nSPS) is 10.9. The summed E-state index contributed by atoms with van der Waals surface area (Å²) in [6.07, 6.45) is 0. The van der Waals surface area contributed by atoms with Crippen LogP contribution in [0.25, 0.3) is 0 Å². The molecule has 2 amide bonds. The van der Waals surface area contributed by atoms with E-state index in [0.29, 0.717) is 11.4 Å². The number of alkyl halides is 2. The number of halogens is 2. The van der Waals surface area contributed by atoms with Crippen molar-refractivity contribution in [2.75, 3.05) is 25.6 Å². The Hall–Kier alpha value is -1.89. The van der Waals surface area contributed by atoms with Gasteiger partial charge >= 0.3 is 6.03 Å². The van der Waals surface area contributed by atoms with Gasteiger partial charge in [-0.15, -0.1) is 0 Å². The van der Waals surface area contributed by atoms with E-state index in [-0.39, 0.29) is 0 Å². The van der Waals surface area contributed by atoms with E-state index < -0.39 is 25.1 Å². The number of methoxy groups -OCH3 is 1. The van der Waals surface area contributed by atoms with Crippen molar-refractivity contribution in [2.24, 2.45) is 0 Å². The number of hydrogen-bond acceptors (Lipinski definition) is 3. The summed E-state index contributed by atoms with van der Waals surface area (Å²) < 4.78 is 30.3. The predicted molar refractivity (Wildman–Crippen MR) is 62.0 cm³/mol. The Morgan fingerprint density at radius 1 is 1.44 bits per heavy atom. The van der Waals surface area contributed by atoms with Gasteiger partial charge in [-0.2, -0.15) is 0 Å². The molecule has 7 heteroatoms. The van der Waals surface area contributed by atoms with Crippen molar-refractivity contribution in [1.29, 1.82) is 0 Å². The lowest BCUT2D eigenvalue weighted by Gasteiger charge is -2.15. The molecule has 3 N–H and O–H groups in total. The van der Waals surface area contributed by atoms with Gasteiger partial charge in [0.05, 0.1) is 19.3 Å². The number of ether oxygens (including phenoxy) is 1. The molecule has 0 radical (unpaired) electrons. The van der Waals surface area contributed by atoms with Crippen molar-refractivity contribution in [3.8, 4) is 5.75 Å². The summed E-state index contributed by atoms with van der Waals surface area (Å²) in [7, 11) is 1.43. The largest absolute Gasteiger partial charge is 0.495 e. The minimum Gasteiger partial charge on any atom is -0.495 e. The van der Waals surface area contributed by atoms with Crippen LogP contribution in [-0.2, 0) is 0 Å². The topological polar surface area (TPSA) is 70.6 Å². The summed E-state index contributed by atoms with van der Waals surface area (Å²) in [5.74, 6) is -2.92.